The lowest BCUT2D eigenvalue weighted by atomic mass is 9.55. The Kier molecular flexibility index (Phi) is 5.49. The summed E-state index contributed by atoms with van der Waals surface area (Å²) in [7, 11) is 1.57. The summed E-state index contributed by atoms with van der Waals surface area (Å²) in [5, 5.41) is 11.2. The number of methoxy groups -OCH3 is 1. The second kappa shape index (κ2) is 7.95. The summed E-state index contributed by atoms with van der Waals surface area (Å²) in [6, 6.07) is 4.11. The number of nitrogens with zero attached hydrogens (tertiary/aromatic N) is 1. The third-order valence-corrected chi connectivity index (χ3v) is 7.23. The number of carbonyl (C=O) groups is 1. The van der Waals surface area contributed by atoms with Crippen LogP contribution in [-0.2, 0) is 16.6 Å². The summed E-state index contributed by atoms with van der Waals surface area (Å²) in [5.41, 5.74) is 3.49. The van der Waals surface area contributed by atoms with Gasteiger partial charge in [0, 0.05) is 42.0 Å². The zero-order chi connectivity index (χ0) is 21.5. The van der Waals surface area contributed by atoms with Gasteiger partial charge in [0.1, 0.15) is 5.78 Å². The van der Waals surface area contributed by atoms with Gasteiger partial charge in [0.05, 0.1) is 19.6 Å². The summed E-state index contributed by atoms with van der Waals surface area (Å²) in [6.45, 7) is 10.00. The molecule has 0 saturated heterocycles. The van der Waals surface area contributed by atoms with E-state index in [1.165, 1.54) is 0 Å². The van der Waals surface area contributed by atoms with Crippen molar-refractivity contribution in [3.8, 4) is 22.6 Å². The van der Waals surface area contributed by atoms with E-state index < -0.39 is 5.41 Å². The molecule has 5 nitrogen and oxygen atoms in total. The first-order valence-electron chi connectivity index (χ1n) is 10.8. The van der Waals surface area contributed by atoms with E-state index in [4.69, 9.17) is 9.15 Å². The van der Waals surface area contributed by atoms with Gasteiger partial charge in [0.15, 0.2) is 11.5 Å². The number of phenols is 1. The highest BCUT2D eigenvalue weighted by molar-refractivity contribution is 5.83. The van der Waals surface area contributed by atoms with Crippen LogP contribution in [0.15, 0.2) is 41.7 Å². The van der Waals surface area contributed by atoms with E-state index in [1.807, 2.05) is 18.2 Å². The van der Waals surface area contributed by atoms with Gasteiger partial charge in [-0.05, 0) is 48.6 Å². The third-order valence-electron chi connectivity index (χ3n) is 7.23. The molecule has 4 rings (SSSR count). The van der Waals surface area contributed by atoms with Crippen molar-refractivity contribution < 1.29 is 19.1 Å². The average molecular weight is 410 g/mol. The van der Waals surface area contributed by atoms with E-state index in [0.717, 1.165) is 48.2 Å². The van der Waals surface area contributed by atoms with Crippen molar-refractivity contribution in [1.82, 2.24) is 4.90 Å². The highest BCUT2D eigenvalue weighted by Gasteiger charge is 2.52. The topological polar surface area (TPSA) is 62.9 Å². The van der Waals surface area contributed by atoms with Crippen LogP contribution in [0.25, 0.3) is 11.1 Å². The predicted molar refractivity (Wildman–Crippen MR) is 117 cm³/mol. The van der Waals surface area contributed by atoms with Crippen molar-refractivity contribution in [1.29, 1.82) is 0 Å². The van der Waals surface area contributed by atoms with Crippen molar-refractivity contribution in [3.05, 3.63) is 48.4 Å². The molecule has 0 spiro atoms. The van der Waals surface area contributed by atoms with Gasteiger partial charge < -0.3 is 14.3 Å². The molecule has 1 fully saturated rings. The number of phenolic OH excluding ortho intramolecular Hbond substituents is 1. The number of hydrogen-bond donors (Lipinski definition) is 1. The van der Waals surface area contributed by atoms with Crippen molar-refractivity contribution in [2.75, 3.05) is 20.2 Å². The van der Waals surface area contributed by atoms with Gasteiger partial charge in [-0.25, -0.2) is 0 Å². The van der Waals surface area contributed by atoms with E-state index in [-0.39, 0.29) is 23.5 Å². The lowest BCUT2D eigenvalue weighted by molar-refractivity contribution is -0.124. The maximum Gasteiger partial charge on any atom is 0.161 e. The maximum atomic E-state index is 12.6. The normalized spacial score (nSPS) is 25.7. The Balaban J connectivity index is 1.98. The zero-order valence-electron chi connectivity index (χ0n) is 18.1. The Labute approximate surface area is 178 Å². The highest BCUT2D eigenvalue weighted by Crippen LogP contribution is 2.56. The van der Waals surface area contributed by atoms with Gasteiger partial charge in [0.25, 0.3) is 0 Å². The number of rotatable bonds is 6. The van der Waals surface area contributed by atoms with Crippen molar-refractivity contribution in [2.45, 2.75) is 51.0 Å². The number of carbonyl (C=O) groups excluding carboxylic acids is 1. The number of hydrogen-bond acceptors (Lipinski definition) is 5. The van der Waals surface area contributed by atoms with Crippen LogP contribution in [0.5, 0.6) is 11.5 Å². The molecule has 1 aromatic heterocycles. The molecule has 160 valence electrons. The summed E-state index contributed by atoms with van der Waals surface area (Å²) in [6.07, 6.45) is 8.03. The van der Waals surface area contributed by atoms with E-state index in [9.17, 15) is 9.90 Å². The fourth-order valence-electron chi connectivity index (χ4n) is 5.90. The predicted octanol–water partition coefficient (Wildman–Crippen LogP) is 4.72. The van der Waals surface area contributed by atoms with Gasteiger partial charge in [-0.15, -0.1) is 6.58 Å². The van der Waals surface area contributed by atoms with Crippen LogP contribution in [0, 0.1) is 5.92 Å². The third kappa shape index (κ3) is 3.16. The molecule has 3 atom stereocenters. The molecule has 0 aliphatic heterocycles. The molecular formula is C25H31NO4. The van der Waals surface area contributed by atoms with Crippen LogP contribution in [0.1, 0.15) is 44.2 Å². The molecule has 2 aliphatic rings. The van der Waals surface area contributed by atoms with Crippen LogP contribution in [0.4, 0.5) is 0 Å². The first-order valence-corrected chi connectivity index (χ1v) is 10.8. The average Bonchev–Trinajstić information content (AvgIpc) is 3.25. The summed E-state index contributed by atoms with van der Waals surface area (Å²) < 4.78 is 10.9. The quantitative estimate of drug-likeness (QED) is 0.700. The lowest BCUT2D eigenvalue weighted by Crippen LogP contribution is -2.55. The van der Waals surface area contributed by atoms with Crippen LogP contribution in [0.3, 0.4) is 0 Å². The monoisotopic (exact) mass is 409 g/mol. The van der Waals surface area contributed by atoms with Crippen molar-refractivity contribution >= 4 is 5.78 Å². The second-order valence-electron chi connectivity index (χ2n) is 8.77. The van der Waals surface area contributed by atoms with Gasteiger partial charge in [0.2, 0.25) is 0 Å². The van der Waals surface area contributed by atoms with Crippen molar-refractivity contribution in [3.63, 3.8) is 0 Å². The molecule has 5 heteroatoms. The number of Topliss-reactive ketones (excluding diaryl/α,β-unsaturated/α-hetero) is 1. The molecule has 1 saturated carbocycles. The van der Waals surface area contributed by atoms with Crippen LogP contribution in [-0.4, -0.2) is 42.0 Å². The first kappa shape index (κ1) is 20.7. The fraction of sp³-hybridized carbons (Fsp3) is 0.480. The van der Waals surface area contributed by atoms with E-state index in [2.05, 4.69) is 25.3 Å². The molecule has 30 heavy (non-hydrogen) atoms. The Bertz CT molecular complexity index is 949. The smallest absolute Gasteiger partial charge is 0.161 e. The Morgan fingerprint density at radius 1 is 1.47 bits per heavy atom. The summed E-state index contributed by atoms with van der Waals surface area (Å²) in [5.74, 6) is 1.16. The SMILES string of the molecule is C=CCN(CC)C1Cc2c(-c3ccoc3)cc(OC)c(O)c2[C@]2(C)CC(=O)CCC12. The van der Waals surface area contributed by atoms with E-state index in [0.29, 0.717) is 18.6 Å². The van der Waals surface area contributed by atoms with Gasteiger partial charge in [-0.3, -0.25) is 9.69 Å². The number of ether oxygens (including phenoxy) is 1. The Hall–Kier alpha value is -2.53. The minimum atomic E-state index is -0.445. The molecule has 1 heterocycles. The molecule has 0 radical (unpaired) electrons. The zero-order valence-corrected chi connectivity index (χ0v) is 18.1. The highest BCUT2D eigenvalue weighted by atomic mass is 16.5. The number of fused-ring (bicyclic) bond motifs is 3. The molecule has 2 aromatic rings. The van der Waals surface area contributed by atoms with Crippen molar-refractivity contribution in [2.24, 2.45) is 5.92 Å². The van der Waals surface area contributed by atoms with Gasteiger partial charge >= 0.3 is 0 Å². The minimum absolute atomic E-state index is 0.173. The Morgan fingerprint density at radius 2 is 2.27 bits per heavy atom. The number of benzene rings is 1. The molecule has 0 amide bonds. The van der Waals surface area contributed by atoms with E-state index >= 15 is 0 Å². The molecule has 1 aromatic carbocycles. The molecule has 2 unspecified atom stereocenters. The summed E-state index contributed by atoms with van der Waals surface area (Å²) >= 11 is 0. The van der Waals surface area contributed by atoms with Crippen LogP contribution < -0.4 is 4.74 Å². The van der Waals surface area contributed by atoms with Crippen LogP contribution in [0.2, 0.25) is 0 Å². The Morgan fingerprint density at radius 3 is 2.90 bits per heavy atom. The second-order valence-corrected chi connectivity index (χ2v) is 8.77. The summed E-state index contributed by atoms with van der Waals surface area (Å²) in [4.78, 5) is 15.1. The van der Waals surface area contributed by atoms with Crippen LogP contribution >= 0.6 is 0 Å². The first-order chi connectivity index (χ1) is 14.4. The number of aromatic hydroxyl groups is 1. The number of ketones is 1. The molecule has 0 bridgehead atoms. The molecule has 2 aliphatic carbocycles. The number of likely N-dealkylation sites (N-methyl/N-ethyl adjacent to an activating group) is 1. The molecule has 1 N–H and O–H groups in total. The lowest BCUT2D eigenvalue weighted by Gasteiger charge is -2.53. The largest absolute Gasteiger partial charge is 0.504 e. The standard InChI is InChI=1S/C25H31NO4/c1-5-10-26(6-2)21-12-19-18(16-9-11-30-15-16)13-22(29-4)24(28)23(19)25(3)14-17(27)7-8-20(21)25/h5,9,11,13,15,20-21,28H,1,6-8,10,12,14H2,2-4H3/t20?,21?,25-/m1/s1. The maximum absolute atomic E-state index is 12.6. The van der Waals surface area contributed by atoms with E-state index in [1.54, 1.807) is 19.6 Å². The minimum Gasteiger partial charge on any atom is -0.504 e. The fourth-order valence-corrected chi connectivity index (χ4v) is 5.90. The molecular weight excluding hydrogens is 378 g/mol. The number of furan rings is 1. The van der Waals surface area contributed by atoms with Gasteiger partial charge in [-0.2, -0.15) is 0 Å². The van der Waals surface area contributed by atoms with Gasteiger partial charge in [-0.1, -0.05) is 19.9 Å².